The van der Waals surface area contributed by atoms with Gasteiger partial charge in [-0.2, -0.15) is 0 Å². The normalized spacial score (nSPS) is 11.5. The van der Waals surface area contributed by atoms with Gasteiger partial charge in [0, 0.05) is 12.5 Å². The van der Waals surface area contributed by atoms with Crippen molar-refractivity contribution in [2.75, 3.05) is 19.5 Å². The third-order valence-corrected chi connectivity index (χ3v) is 3.95. The van der Waals surface area contributed by atoms with E-state index in [2.05, 4.69) is 5.32 Å². The van der Waals surface area contributed by atoms with E-state index < -0.39 is 29.6 Å². The van der Waals surface area contributed by atoms with Crippen LogP contribution in [0.5, 0.6) is 11.5 Å². The van der Waals surface area contributed by atoms with Crippen LogP contribution < -0.4 is 14.8 Å². The van der Waals surface area contributed by atoms with Crippen LogP contribution in [0.2, 0.25) is 0 Å². The maximum atomic E-state index is 13.6. The monoisotopic (exact) mass is 393 g/mol. The first-order valence-electron chi connectivity index (χ1n) is 8.51. The number of carbonyl (C=O) groups excluding carboxylic acids is 2. The van der Waals surface area contributed by atoms with Crippen LogP contribution in [0.4, 0.5) is 14.5 Å². The zero-order chi connectivity index (χ0) is 20.7. The van der Waals surface area contributed by atoms with E-state index in [1.807, 2.05) is 0 Å². The molecule has 0 unspecified atom stereocenters. The fraction of sp³-hybridized carbons (Fsp3) is 0.300. The third kappa shape index (κ3) is 5.42. The minimum absolute atomic E-state index is 0.00601. The lowest BCUT2D eigenvalue weighted by molar-refractivity contribution is -0.153. The molecule has 8 heteroatoms. The molecule has 1 amide bonds. The minimum atomic E-state index is -1.15. The number of hydrogen-bond acceptors (Lipinski definition) is 5. The average Bonchev–Trinajstić information content (AvgIpc) is 2.67. The molecule has 0 bridgehead atoms. The summed E-state index contributed by atoms with van der Waals surface area (Å²) < 4.78 is 42.1. The summed E-state index contributed by atoms with van der Waals surface area (Å²) in [5.41, 5.74) is 0.555. The van der Waals surface area contributed by atoms with Crippen LogP contribution in [0.1, 0.15) is 18.9 Å². The number of anilines is 1. The van der Waals surface area contributed by atoms with Crippen molar-refractivity contribution in [3.05, 3.63) is 53.6 Å². The van der Waals surface area contributed by atoms with E-state index in [1.54, 1.807) is 18.2 Å². The SMILES string of the molecule is COc1cccc(CCC(=O)O[C@@H](C)C(=O)Nc2ccc(F)cc2F)c1OC. The van der Waals surface area contributed by atoms with Crippen molar-refractivity contribution in [1.29, 1.82) is 0 Å². The van der Waals surface area contributed by atoms with Gasteiger partial charge in [0.1, 0.15) is 11.6 Å². The number of carbonyl (C=O) groups is 2. The quantitative estimate of drug-likeness (QED) is 0.695. The van der Waals surface area contributed by atoms with E-state index in [-0.39, 0.29) is 12.1 Å². The van der Waals surface area contributed by atoms with Gasteiger partial charge < -0.3 is 19.5 Å². The fourth-order valence-electron chi connectivity index (χ4n) is 2.52. The molecule has 0 saturated carbocycles. The second kappa shape index (κ2) is 9.68. The highest BCUT2D eigenvalue weighted by Gasteiger charge is 2.20. The Morgan fingerprint density at radius 1 is 1.11 bits per heavy atom. The van der Waals surface area contributed by atoms with Crippen molar-refractivity contribution >= 4 is 17.6 Å². The summed E-state index contributed by atoms with van der Waals surface area (Å²) in [4.78, 5) is 24.1. The number of para-hydroxylation sites is 1. The molecule has 0 spiro atoms. The number of ether oxygens (including phenoxy) is 3. The zero-order valence-corrected chi connectivity index (χ0v) is 15.8. The summed E-state index contributed by atoms with van der Waals surface area (Å²) in [6.07, 6.45) is -0.823. The molecule has 150 valence electrons. The van der Waals surface area contributed by atoms with Gasteiger partial charge >= 0.3 is 5.97 Å². The lowest BCUT2D eigenvalue weighted by Gasteiger charge is -2.15. The van der Waals surface area contributed by atoms with Crippen LogP contribution in [0.15, 0.2) is 36.4 Å². The van der Waals surface area contributed by atoms with E-state index >= 15 is 0 Å². The van der Waals surface area contributed by atoms with Crippen molar-refractivity contribution in [2.24, 2.45) is 0 Å². The predicted molar refractivity (Wildman–Crippen MR) is 98.4 cm³/mol. The number of halogens is 2. The Morgan fingerprint density at radius 3 is 2.50 bits per heavy atom. The van der Waals surface area contributed by atoms with Crippen molar-refractivity contribution < 1.29 is 32.6 Å². The molecule has 0 aliphatic rings. The van der Waals surface area contributed by atoms with E-state index in [0.717, 1.165) is 17.7 Å². The van der Waals surface area contributed by atoms with Crippen LogP contribution in [0.3, 0.4) is 0 Å². The van der Waals surface area contributed by atoms with Crippen LogP contribution in [0, 0.1) is 11.6 Å². The number of hydrogen-bond donors (Lipinski definition) is 1. The van der Waals surface area contributed by atoms with E-state index in [0.29, 0.717) is 24.0 Å². The molecule has 2 aromatic carbocycles. The molecule has 0 aliphatic heterocycles. The number of esters is 1. The van der Waals surface area contributed by atoms with E-state index in [1.165, 1.54) is 21.1 Å². The topological polar surface area (TPSA) is 73.9 Å². The van der Waals surface area contributed by atoms with Gasteiger partial charge in [0.05, 0.1) is 19.9 Å². The Bertz CT molecular complexity index is 856. The van der Waals surface area contributed by atoms with Gasteiger partial charge in [-0.25, -0.2) is 8.78 Å². The fourth-order valence-corrected chi connectivity index (χ4v) is 2.52. The molecule has 0 aliphatic carbocycles. The second-order valence-electron chi connectivity index (χ2n) is 5.90. The summed E-state index contributed by atoms with van der Waals surface area (Å²) in [7, 11) is 3.01. The molecule has 1 N–H and O–H groups in total. The lowest BCUT2D eigenvalue weighted by Crippen LogP contribution is -2.30. The Hall–Kier alpha value is -3.16. The Balaban J connectivity index is 1.91. The largest absolute Gasteiger partial charge is 0.493 e. The standard InChI is InChI=1S/C20H21F2NO5/c1-12(20(25)23-16-9-8-14(21)11-15(16)22)28-18(24)10-7-13-5-4-6-17(26-2)19(13)27-3/h4-6,8-9,11-12H,7,10H2,1-3H3,(H,23,25)/t12-/m0/s1. The summed E-state index contributed by atoms with van der Waals surface area (Å²) >= 11 is 0. The summed E-state index contributed by atoms with van der Waals surface area (Å²) in [6, 6.07) is 8.05. The number of nitrogens with one attached hydrogen (secondary N) is 1. The van der Waals surface area contributed by atoms with Crippen molar-refractivity contribution in [3.8, 4) is 11.5 Å². The molecule has 0 heterocycles. The van der Waals surface area contributed by atoms with Crippen molar-refractivity contribution in [2.45, 2.75) is 25.9 Å². The zero-order valence-electron chi connectivity index (χ0n) is 15.8. The minimum Gasteiger partial charge on any atom is -0.493 e. The van der Waals surface area contributed by atoms with Gasteiger partial charge in [-0.15, -0.1) is 0 Å². The van der Waals surface area contributed by atoms with Gasteiger partial charge in [0.25, 0.3) is 5.91 Å². The van der Waals surface area contributed by atoms with Gasteiger partial charge in [-0.3, -0.25) is 9.59 Å². The number of methoxy groups -OCH3 is 2. The average molecular weight is 393 g/mol. The first-order valence-corrected chi connectivity index (χ1v) is 8.51. The maximum absolute atomic E-state index is 13.6. The van der Waals surface area contributed by atoms with Crippen molar-refractivity contribution in [1.82, 2.24) is 0 Å². The lowest BCUT2D eigenvalue weighted by atomic mass is 10.1. The third-order valence-electron chi connectivity index (χ3n) is 3.95. The number of rotatable bonds is 8. The van der Waals surface area contributed by atoms with Gasteiger partial charge in [0.15, 0.2) is 17.6 Å². The Morgan fingerprint density at radius 2 is 1.86 bits per heavy atom. The Kier molecular flexibility index (Phi) is 7.31. The van der Waals surface area contributed by atoms with Gasteiger partial charge in [-0.05, 0) is 37.1 Å². The predicted octanol–water partition coefficient (Wildman–Crippen LogP) is 3.49. The number of amides is 1. The van der Waals surface area contributed by atoms with E-state index in [4.69, 9.17) is 14.2 Å². The molecule has 0 aromatic heterocycles. The molecule has 6 nitrogen and oxygen atoms in total. The molecule has 1 atom stereocenters. The first kappa shape index (κ1) is 21.1. The highest BCUT2D eigenvalue weighted by molar-refractivity contribution is 5.95. The van der Waals surface area contributed by atoms with Crippen molar-refractivity contribution in [3.63, 3.8) is 0 Å². The van der Waals surface area contributed by atoms with Crippen LogP contribution in [0.25, 0.3) is 0 Å². The summed E-state index contributed by atoms with van der Waals surface area (Å²) in [5, 5.41) is 2.26. The Labute approximate surface area is 161 Å². The maximum Gasteiger partial charge on any atom is 0.306 e. The molecular formula is C20H21F2NO5. The van der Waals surface area contributed by atoms with Crippen LogP contribution >= 0.6 is 0 Å². The highest BCUT2D eigenvalue weighted by atomic mass is 19.1. The highest BCUT2D eigenvalue weighted by Crippen LogP contribution is 2.31. The molecule has 2 rings (SSSR count). The van der Waals surface area contributed by atoms with Crippen LogP contribution in [-0.4, -0.2) is 32.2 Å². The van der Waals surface area contributed by atoms with E-state index in [9.17, 15) is 18.4 Å². The van der Waals surface area contributed by atoms with Crippen LogP contribution in [-0.2, 0) is 20.7 Å². The molecule has 2 aromatic rings. The summed E-state index contributed by atoms with van der Waals surface area (Å²) in [6.45, 7) is 1.36. The molecular weight excluding hydrogens is 372 g/mol. The number of benzene rings is 2. The molecule has 28 heavy (non-hydrogen) atoms. The van der Waals surface area contributed by atoms with Gasteiger partial charge in [0.2, 0.25) is 0 Å². The smallest absolute Gasteiger partial charge is 0.306 e. The molecule has 0 saturated heterocycles. The summed E-state index contributed by atoms with van der Waals surface area (Å²) in [5.74, 6) is -1.94. The number of aryl methyl sites for hydroxylation is 1. The molecule has 0 fully saturated rings. The molecule has 0 radical (unpaired) electrons. The first-order chi connectivity index (χ1) is 13.3. The second-order valence-corrected chi connectivity index (χ2v) is 5.90. The van der Waals surface area contributed by atoms with Gasteiger partial charge in [-0.1, -0.05) is 12.1 Å².